The van der Waals surface area contributed by atoms with E-state index < -0.39 is 0 Å². The summed E-state index contributed by atoms with van der Waals surface area (Å²) in [5, 5.41) is 3.29. The van der Waals surface area contributed by atoms with Gasteiger partial charge < -0.3 is 14.8 Å². The van der Waals surface area contributed by atoms with Crippen molar-refractivity contribution < 1.29 is 9.47 Å². The Hall–Kier alpha value is -1.78. The highest BCUT2D eigenvalue weighted by molar-refractivity contribution is 9.10. The molecule has 1 N–H and O–H groups in total. The second kappa shape index (κ2) is 9.38. The quantitative estimate of drug-likeness (QED) is 0.508. The van der Waals surface area contributed by atoms with Crippen molar-refractivity contribution >= 4 is 15.9 Å². The average molecular weight is 376 g/mol. The summed E-state index contributed by atoms with van der Waals surface area (Å²) < 4.78 is 12.6. The molecule has 2 rings (SSSR count). The Bertz CT molecular complexity index is 629. The molecule has 0 aromatic heterocycles. The lowest BCUT2D eigenvalue weighted by Crippen LogP contribution is -2.13. The monoisotopic (exact) mass is 375 g/mol. The van der Waals surface area contributed by atoms with Gasteiger partial charge in [-0.25, -0.2) is 0 Å². The van der Waals surface area contributed by atoms with E-state index in [1.165, 1.54) is 0 Å². The van der Waals surface area contributed by atoms with Gasteiger partial charge >= 0.3 is 0 Å². The Balaban J connectivity index is 2.14. The minimum atomic E-state index is 0.508. The van der Waals surface area contributed by atoms with Gasteiger partial charge in [0.15, 0.2) is 11.5 Å². The molecule has 0 radical (unpaired) electrons. The Labute approximate surface area is 146 Å². The summed E-state index contributed by atoms with van der Waals surface area (Å²) in [5.74, 6) is 1.50. The molecule has 0 aliphatic heterocycles. The molecule has 0 amide bonds. The fourth-order valence-electron chi connectivity index (χ4n) is 2.17. The van der Waals surface area contributed by atoms with Crippen molar-refractivity contribution in [2.45, 2.75) is 20.1 Å². The molecule has 0 saturated carbocycles. The van der Waals surface area contributed by atoms with Crippen molar-refractivity contribution in [3.05, 3.63) is 70.7 Å². The van der Waals surface area contributed by atoms with Crippen molar-refractivity contribution in [1.82, 2.24) is 5.32 Å². The number of ether oxygens (including phenoxy) is 2. The van der Waals surface area contributed by atoms with Gasteiger partial charge in [-0.2, -0.15) is 0 Å². The Morgan fingerprint density at radius 2 is 1.91 bits per heavy atom. The number of nitrogens with one attached hydrogen (secondary N) is 1. The average Bonchev–Trinajstić information content (AvgIpc) is 2.55. The summed E-state index contributed by atoms with van der Waals surface area (Å²) in [6.07, 6.45) is 1.84. The van der Waals surface area contributed by atoms with Gasteiger partial charge in [0.05, 0.1) is 11.1 Å². The zero-order valence-corrected chi connectivity index (χ0v) is 14.9. The Morgan fingerprint density at radius 3 is 2.61 bits per heavy atom. The zero-order chi connectivity index (χ0) is 16.5. The van der Waals surface area contributed by atoms with Crippen LogP contribution in [0, 0.1) is 0 Å². The van der Waals surface area contributed by atoms with Crippen LogP contribution in [0.3, 0.4) is 0 Å². The summed E-state index contributed by atoms with van der Waals surface area (Å²) in [4.78, 5) is 0. The molecule has 0 aliphatic carbocycles. The third-order valence-electron chi connectivity index (χ3n) is 3.21. The second-order valence-electron chi connectivity index (χ2n) is 5.03. The summed E-state index contributed by atoms with van der Waals surface area (Å²) in [6, 6.07) is 14.2. The van der Waals surface area contributed by atoms with Crippen molar-refractivity contribution in [2.24, 2.45) is 0 Å². The molecule has 4 heteroatoms. The van der Waals surface area contributed by atoms with Gasteiger partial charge in [0, 0.05) is 13.1 Å². The van der Waals surface area contributed by atoms with Crippen LogP contribution in [0.15, 0.2) is 59.6 Å². The van der Waals surface area contributed by atoms with Crippen LogP contribution in [-0.4, -0.2) is 13.2 Å². The highest BCUT2D eigenvalue weighted by Gasteiger charge is 2.12. The first-order chi connectivity index (χ1) is 11.2. The van der Waals surface area contributed by atoms with Crippen LogP contribution < -0.4 is 14.8 Å². The summed E-state index contributed by atoms with van der Waals surface area (Å²) in [5.41, 5.74) is 2.26. The first kappa shape index (κ1) is 17.6. The lowest BCUT2D eigenvalue weighted by molar-refractivity contribution is 0.267. The minimum absolute atomic E-state index is 0.508. The van der Waals surface area contributed by atoms with E-state index >= 15 is 0 Å². The van der Waals surface area contributed by atoms with Crippen LogP contribution in [0.4, 0.5) is 0 Å². The van der Waals surface area contributed by atoms with E-state index in [9.17, 15) is 0 Å². The van der Waals surface area contributed by atoms with Gasteiger partial charge in [0.1, 0.15) is 6.61 Å². The van der Waals surface area contributed by atoms with Gasteiger partial charge in [0.25, 0.3) is 0 Å². The molecule has 2 aromatic rings. The molecular weight excluding hydrogens is 354 g/mol. The maximum Gasteiger partial charge on any atom is 0.175 e. The fraction of sp³-hybridized carbons (Fsp3) is 0.263. The van der Waals surface area contributed by atoms with Crippen LogP contribution >= 0.6 is 15.9 Å². The molecular formula is C19H22BrNO2. The largest absolute Gasteiger partial charge is 0.490 e. The molecule has 0 aliphatic rings. The van der Waals surface area contributed by atoms with E-state index in [0.29, 0.717) is 13.2 Å². The Morgan fingerprint density at radius 1 is 1.13 bits per heavy atom. The van der Waals surface area contributed by atoms with Crippen molar-refractivity contribution in [3.8, 4) is 11.5 Å². The number of halogens is 1. The van der Waals surface area contributed by atoms with Crippen molar-refractivity contribution in [1.29, 1.82) is 0 Å². The lowest BCUT2D eigenvalue weighted by atomic mass is 10.2. The van der Waals surface area contributed by atoms with Gasteiger partial charge in [-0.15, -0.1) is 6.58 Å². The third-order valence-corrected chi connectivity index (χ3v) is 3.80. The van der Waals surface area contributed by atoms with Crippen LogP contribution in [-0.2, 0) is 13.2 Å². The van der Waals surface area contributed by atoms with E-state index in [-0.39, 0.29) is 0 Å². The fourth-order valence-corrected chi connectivity index (χ4v) is 2.78. The Kier molecular flexibility index (Phi) is 7.17. The normalized spacial score (nSPS) is 10.3. The molecule has 0 unspecified atom stereocenters. The molecule has 0 bridgehead atoms. The van der Waals surface area contributed by atoms with Gasteiger partial charge in [-0.3, -0.25) is 0 Å². The third kappa shape index (κ3) is 5.41. The highest BCUT2D eigenvalue weighted by atomic mass is 79.9. The SMILES string of the molecule is C=CCNCc1cc(Br)c(OCc2ccccc2)c(OCC)c1. The molecule has 23 heavy (non-hydrogen) atoms. The number of hydrogen-bond acceptors (Lipinski definition) is 3. The van der Waals surface area contributed by atoms with E-state index in [2.05, 4.69) is 33.9 Å². The van der Waals surface area contributed by atoms with Crippen LogP contribution in [0.2, 0.25) is 0 Å². The van der Waals surface area contributed by atoms with Crippen LogP contribution in [0.1, 0.15) is 18.1 Å². The first-order valence-electron chi connectivity index (χ1n) is 7.68. The summed E-state index contributed by atoms with van der Waals surface area (Å²) in [7, 11) is 0. The summed E-state index contributed by atoms with van der Waals surface area (Å²) >= 11 is 3.60. The minimum Gasteiger partial charge on any atom is -0.490 e. The van der Waals surface area contributed by atoms with E-state index in [4.69, 9.17) is 9.47 Å². The molecule has 3 nitrogen and oxygen atoms in total. The molecule has 0 atom stereocenters. The topological polar surface area (TPSA) is 30.5 Å². The first-order valence-corrected chi connectivity index (χ1v) is 8.47. The van der Waals surface area contributed by atoms with E-state index in [1.807, 2.05) is 49.4 Å². The molecule has 0 fully saturated rings. The predicted molar refractivity (Wildman–Crippen MR) is 98.0 cm³/mol. The summed E-state index contributed by atoms with van der Waals surface area (Å²) in [6.45, 7) is 8.30. The van der Waals surface area contributed by atoms with Crippen LogP contribution in [0.5, 0.6) is 11.5 Å². The second-order valence-corrected chi connectivity index (χ2v) is 5.89. The molecule has 2 aromatic carbocycles. The smallest absolute Gasteiger partial charge is 0.175 e. The standard InChI is InChI=1S/C19H22BrNO2/c1-3-10-21-13-16-11-17(20)19(18(12-16)22-4-2)23-14-15-8-6-5-7-9-15/h3,5-9,11-12,21H,1,4,10,13-14H2,2H3. The van der Waals surface area contributed by atoms with Gasteiger partial charge in [-0.05, 0) is 46.1 Å². The van der Waals surface area contributed by atoms with Gasteiger partial charge in [-0.1, -0.05) is 36.4 Å². The number of hydrogen-bond donors (Lipinski definition) is 1. The van der Waals surface area contributed by atoms with Gasteiger partial charge in [0.2, 0.25) is 0 Å². The van der Waals surface area contributed by atoms with Crippen molar-refractivity contribution in [3.63, 3.8) is 0 Å². The molecule has 0 heterocycles. The van der Waals surface area contributed by atoms with Crippen LogP contribution in [0.25, 0.3) is 0 Å². The van der Waals surface area contributed by atoms with Crippen molar-refractivity contribution in [2.75, 3.05) is 13.2 Å². The predicted octanol–water partition coefficient (Wildman–Crippen LogP) is 4.70. The lowest BCUT2D eigenvalue weighted by Gasteiger charge is -2.16. The van der Waals surface area contributed by atoms with E-state index in [1.54, 1.807) is 0 Å². The highest BCUT2D eigenvalue weighted by Crippen LogP contribution is 2.37. The molecule has 122 valence electrons. The number of rotatable bonds is 9. The maximum absolute atomic E-state index is 5.98. The maximum atomic E-state index is 5.98. The molecule has 0 saturated heterocycles. The number of benzene rings is 2. The van der Waals surface area contributed by atoms with E-state index in [0.717, 1.165) is 40.2 Å². The molecule has 0 spiro atoms. The zero-order valence-electron chi connectivity index (χ0n) is 13.3.